The van der Waals surface area contributed by atoms with Gasteiger partial charge in [-0.25, -0.2) is 18.5 Å². The number of hydrogen-bond donors (Lipinski definition) is 3. The summed E-state index contributed by atoms with van der Waals surface area (Å²) in [5.41, 5.74) is 1.31. The van der Waals surface area contributed by atoms with E-state index in [1.165, 1.54) is 12.1 Å². The second-order valence-electron chi connectivity index (χ2n) is 6.55. The van der Waals surface area contributed by atoms with E-state index in [4.69, 9.17) is 5.14 Å². The molecule has 0 aliphatic carbocycles. The zero-order valence-corrected chi connectivity index (χ0v) is 15.7. The van der Waals surface area contributed by atoms with Crippen LogP contribution in [0.2, 0.25) is 0 Å². The van der Waals surface area contributed by atoms with Crippen molar-refractivity contribution in [2.75, 3.05) is 21.1 Å². The molecule has 0 radical (unpaired) electrons. The number of benzene rings is 1. The first-order valence-corrected chi connectivity index (χ1v) is 9.56. The number of amides is 1. The number of carbonyl (C=O) groups excluding carboxylic acids is 1. The van der Waals surface area contributed by atoms with Gasteiger partial charge in [0.2, 0.25) is 15.9 Å². The van der Waals surface area contributed by atoms with Gasteiger partial charge in [0.05, 0.1) is 22.0 Å². The second kappa shape index (κ2) is 7.51. The van der Waals surface area contributed by atoms with Gasteiger partial charge in [0.1, 0.15) is 5.82 Å². The predicted molar refractivity (Wildman–Crippen MR) is 96.5 cm³/mol. The highest BCUT2D eigenvalue weighted by Crippen LogP contribution is 2.20. The molecular weight excluding hydrogens is 342 g/mol. The minimum absolute atomic E-state index is 0.0146. The summed E-state index contributed by atoms with van der Waals surface area (Å²) in [6.07, 6.45) is 1.34. The van der Waals surface area contributed by atoms with Crippen LogP contribution in [0, 0.1) is 5.92 Å². The average Bonchev–Trinajstić information content (AvgIpc) is 2.91. The number of likely N-dealkylation sites (N-methyl/N-ethyl adjacent to an activating group) is 2. The van der Waals surface area contributed by atoms with E-state index in [2.05, 4.69) is 22.2 Å². The first-order chi connectivity index (χ1) is 11.6. The number of primary sulfonamides is 1. The van der Waals surface area contributed by atoms with Gasteiger partial charge in [-0.05, 0) is 44.6 Å². The fraction of sp³-hybridized carbons (Fsp3) is 0.500. The zero-order chi connectivity index (χ0) is 18.8. The number of nitrogens with one attached hydrogen (secondary N) is 2. The molecule has 9 heteroatoms. The minimum Gasteiger partial charge on any atom is -0.358 e. The summed E-state index contributed by atoms with van der Waals surface area (Å²) in [4.78, 5) is 21.5. The van der Waals surface area contributed by atoms with Gasteiger partial charge >= 0.3 is 0 Å². The number of H-pyrrole nitrogens is 1. The second-order valence-corrected chi connectivity index (χ2v) is 8.11. The fourth-order valence-electron chi connectivity index (χ4n) is 2.83. The molecule has 8 nitrogen and oxygen atoms in total. The van der Waals surface area contributed by atoms with E-state index >= 15 is 0 Å². The molecule has 0 bridgehead atoms. The van der Waals surface area contributed by atoms with Gasteiger partial charge in [-0.15, -0.1) is 0 Å². The van der Waals surface area contributed by atoms with Gasteiger partial charge in [-0.2, -0.15) is 0 Å². The highest BCUT2D eigenvalue weighted by Gasteiger charge is 2.23. The number of fused-ring (bicyclic) bond motifs is 1. The molecule has 1 amide bonds. The standard InChI is InChI=1S/C16H25N5O3S/c1-10(7-14(21(3)4)16(22)18-2)8-15-19-12-6-5-11(25(17,23)24)9-13(12)20-15/h5-6,9-10,14H,7-8H2,1-4H3,(H,18,22)(H,19,20)(H2,17,23,24)/t10-,14-/m0/s1. The van der Waals surface area contributed by atoms with Crippen molar-refractivity contribution in [1.82, 2.24) is 20.2 Å². The molecule has 138 valence electrons. The Balaban J connectivity index is 2.15. The number of sulfonamides is 1. The lowest BCUT2D eigenvalue weighted by atomic mass is 9.97. The molecular formula is C16H25N5O3S. The first kappa shape index (κ1) is 19.4. The van der Waals surface area contributed by atoms with Crippen LogP contribution in [0.5, 0.6) is 0 Å². The Bertz CT molecular complexity index is 860. The molecule has 25 heavy (non-hydrogen) atoms. The van der Waals surface area contributed by atoms with Gasteiger partial charge in [0, 0.05) is 13.5 Å². The number of rotatable bonds is 7. The van der Waals surface area contributed by atoms with E-state index in [-0.39, 0.29) is 22.8 Å². The maximum atomic E-state index is 12.0. The number of aromatic amines is 1. The highest BCUT2D eigenvalue weighted by molar-refractivity contribution is 7.89. The van der Waals surface area contributed by atoms with Crippen LogP contribution in [0.1, 0.15) is 19.2 Å². The van der Waals surface area contributed by atoms with Gasteiger partial charge < -0.3 is 10.3 Å². The lowest BCUT2D eigenvalue weighted by Gasteiger charge is -2.25. The molecule has 0 spiro atoms. The lowest BCUT2D eigenvalue weighted by molar-refractivity contribution is -0.125. The molecule has 0 unspecified atom stereocenters. The van der Waals surface area contributed by atoms with Crippen molar-refractivity contribution in [2.24, 2.45) is 11.1 Å². The normalized spacial score (nSPS) is 14.6. The molecule has 0 fully saturated rings. The van der Waals surface area contributed by atoms with Gasteiger partial charge in [0.25, 0.3) is 0 Å². The first-order valence-electron chi connectivity index (χ1n) is 8.01. The maximum Gasteiger partial charge on any atom is 0.238 e. The van der Waals surface area contributed by atoms with Crippen LogP contribution in [0.25, 0.3) is 11.0 Å². The Morgan fingerprint density at radius 1 is 1.40 bits per heavy atom. The molecule has 1 aromatic carbocycles. The van der Waals surface area contributed by atoms with Gasteiger partial charge in [-0.3, -0.25) is 9.69 Å². The monoisotopic (exact) mass is 367 g/mol. The van der Waals surface area contributed by atoms with Crippen LogP contribution in [0.4, 0.5) is 0 Å². The van der Waals surface area contributed by atoms with Gasteiger partial charge in [0.15, 0.2) is 0 Å². The molecule has 1 heterocycles. The van der Waals surface area contributed by atoms with E-state index in [9.17, 15) is 13.2 Å². The summed E-state index contributed by atoms with van der Waals surface area (Å²) >= 11 is 0. The third kappa shape index (κ3) is 4.77. The highest BCUT2D eigenvalue weighted by atomic mass is 32.2. The molecule has 2 aromatic rings. The fourth-order valence-corrected chi connectivity index (χ4v) is 3.36. The molecule has 0 aliphatic rings. The van der Waals surface area contributed by atoms with Crippen LogP contribution in [0.3, 0.4) is 0 Å². The van der Waals surface area contributed by atoms with Crippen LogP contribution in [0.15, 0.2) is 23.1 Å². The number of aromatic nitrogens is 2. The van der Waals surface area contributed by atoms with Crippen molar-refractivity contribution >= 4 is 27.0 Å². The molecule has 0 saturated carbocycles. The molecule has 0 saturated heterocycles. The van der Waals surface area contributed by atoms with E-state index in [0.717, 1.165) is 11.3 Å². The number of imidazole rings is 1. The van der Waals surface area contributed by atoms with Crippen LogP contribution in [-0.2, 0) is 21.2 Å². The number of nitrogens with zero attached hydrogens (tertiary/aromatic N) is 2. The summed E-state index contributed by atoms with van der Waals surface area (Å²) < 4.78 is 22.9. The van der Waals surface area contributed by atoms with E-state index in [0.29, 0.717) is 18.4 Å². The molecule has 4 N–H and O–H groups in total. The number of nitrogens with two attached hydrogens (primary N) is 1. The topological polar surface area (TPSA) is 121 Å². The van der Waals surface area contributed by atoms with Crippen molar-refractivity contribution in [1.29, 1.82) is 0 Å². The Labute approximate surface area is 147 Å². The SMILES string of the molecule is CNC(=O)[C@H](C[C@H](C)Cc1nc2cc(S(N)(=O)=O)ccc2[nH]1)N(C)C. The average molecular weight is 367 g/mol. The molecule has 1 aromatic heterocycles. The Kier molecular flexibility index (Phi) is 5.81. The van der Waals surface area contributed by atoms with Crippen LogP contribution >= 0.6 is 0 Å². The Morgan fingerprint density at radius 3 is 2.64 bits per heavy atom. The molecule has 2 rings (SSSR count). The summed E-state index contributed by atoms with van der Waals surface area (Å²) in [5, 5.41) is 7.84. The summed E-state index contributed by atoms with van der Waals surface area (Å²) in [7, 11) is 1.64. The summed E-state index contributed by atoms with van der Waals surface area (Å²) in [6, 6.07) is 4.36. The zero-order valence-electron chi connectivity index (χ0n) is 14.9. The minimum atomic E-state index is -3.75. The number of hydrogen-bond acceptors (Lipinski definition) is 5. The third-order valence-corrected chi connectivity index (χ3v) is 5.08. The van der Waals surface area contributed by atoms with Crippen LogP contribution in [-0.4, -0.2) is 56.4 Å². The smallest absolute Gasteiger partial charge is 0.238 e. The van der Waals surface area contributed by atoms with Gasteiger partial charge in [-0.1, -0.05) is 6.92 Å². The van der Waals surface area contributed by atoms with E-state index < -0.39 is 10.0 Å². The lowest BCUT2D eigenvalue weighted by Crippen LogP contribution is -2.43. The van der Waals surface area contributed by atoms with Crippen LogP contribution < -0.4 is 10.5 Å². The summed E-state index contributed by atoms with van der Waals surface area (Å²) in [5.74, 6) is 0.950. The van der Waals surface area contributed by atoms with E-state index in [1.54, 1.807) is 13.1 Å². The quantitative estimate of drug-likeness (QED) is 0.656. The van der Waals surface area contributed by atoms with Crippen molar-refractivity contribution in [3.8, 4) is 0 Å². The van der Waals surface area contributed by atoms with Crippen molar-refractivity contribution < 1.29 is 13.2 Å². The largest absolute Gasteiger partial charge is 0.358 e. The molecule has 2 atom stereocenters. The third-order valence-electron chi connectivity index (χ3n) is 4.17. The predicted octanol–water partition coefficient (Wildman–Crippen LogP) is 0.455. The van der Waals surface area contributed by atoms with Crippen molar-refractivity contribution in [3.05, 3.63) is 24.0 Å². The molecule has 0 aliphatic heterocycles. The summed E-state index contributed by atoms with van der Waals surface area (Å²) in [6.45, 7) is 2.06. The van der Waals surface area contributed by atoms with E-state index in [1.807, 2.05) is 19.0 Å². The maximum absolute atomic E-state index is 12.0. The van der Waals surface area contributed by atoms with Crippen molar-refractivity contribution in [3.63, 3.8) is 0 Å². The Morgan fingerprint density at radius 2 is 2.08 bits per heavy atom. The van der Waals surface area contributed by atoms with Crippen molar-refractivity contribution in [2.45, 2.75) is 30.7 Å². The Hall–Kier alpha value is -1.97. The number of carbonyl (C=O) groups is 1.